The Bertz CT molecular complexity index is 271. The van der Waals surface area contributed by atoms with Crippen molar-refractivity contribution in [2.24, 2.45) is 10.8 Å². The largest absolute Gasteiger partial charge is 0.315 e. The molecule has 0 heterocycles. The Balaban J connectivity index is 4.48. The van der Waals surface area contributed by atoms with Crippen molar-refractivity contribution in [3.05, 3.63) is 0 Å². The Morgan fingerprint density at radius 2 is 1.50 bits per heavy atom. The van der Waals surface area contributed by atoms with Crippen molar-refractivity contribution in [2.45, 2.75) is 79.7 Å². The van der Waals surface area contributed by atoms with Crippen LogP contribution in [0.1, 0.15) is 74.1 Å². The van der Waals surface area contributed by atoms with Crippen LogP contribution >= 0.6 is 0 Å². The molecule has 0 amide bonds. The van der Waals surface area contributed by atoms with Crippen LogP contribution in [-0.2, 0) is 0 Å². The minimum atomic E-state index is 0.236. The predicted molar refractivity (Wildman–Crippen MR) is 92.3 cm³/mol. The van der Waals surface area contributed by atoms with Crippen LogP contribution in [0, 0.1) is 10.8 Å². The summed E-state index contributed by atoms with van der Waals surface area (Å²) in [7, 11) is 4.33. The first-order valence-electron chi connectivity index (χ1n) is 8.37. The maximum absolute atomic E-state index is 3.39. The molecule has 0 spiro atoms. The zero-order valence-corrected chi connectivity index (χ0v) is 15.7. The van der Waals surface area contributed by atoms with Gasteiger partial charge >= 0.3 is 0 Å². The molecule has 0 aliphatic heterocycles. The van der Waals surface area contributed by atoms with Gasteiger partial charge in [0.25, 0.3) is 0 Å². The second-order valence-electron chi connectivity index (χ2n) is 8.48. The number of hydrogen-bond acceptors (Lipinski definition) is 2. The molecule has 2 heteroatoms. The van der Waals surface area contributed by atoms with E-state index < -0.39 is 0 Å². The lowest BCUT2D eigenvalue weighted by atomic mass is 9.71. The van der Waals surface area contributed by atoms with E-state index in [0.29, 0.717) is 10.8 Å². The summed E-state index contributed by atoms with van der Waals surface area (Å²) in [5, 5.41) is 3.39. The Kier molecular flexibility index (Phi) is 7.76. The van der Waals surface area contributed by atoms with Gasteiger partial charge in [0, 0.05) is 12.1 Å². The highest BCUT2D eigenvalue weighted by atomic mass is 15.1. The van der Waals surface area contributed by atoms with Crippen molar-refractivity contribution in [1.82, 2.24) is 10.2 Å². The fourth-order valence-corrected chi connectivity index (χ4v) is 2.90. The van der Waals surface area contributed by atoms with Crippen LogP contribution in [0.2, 0.25) is 0 Å². The first-order valence-corrected chi connectivity index (χ1v) is 8.37. The summed E-state index contributed by atoms with van der Waals surface area (Å²) in [5.41, 5.74) is 1.12. The topological polar surface area (TPSA) is 15.3 Å². The Labute approximate surface area is 128 Å². The summed E-state index contributed by atoms with van der Waals surface area (Å²) in [6, 6.07) is 0. The van der Waals surface area contributed by atoms with Gasteiger partial charge in [0.2, 0.25) is 0 Å². The minimum absolute atomic E-state index is 0.236. The van der Waals surface area contributed by atoms with Crippen molar-refractivity contribution >= 4 is 0 Å². The van der Waals surface area contributed by atoms with Gasteiger partial charge in [-0.15, -0.1) is 0 Å². The molecule has 0 aliphatic rings. The Morgan fingerprint density at radius 3 is 1.90 bits per heavy atom. The molecule has 0 aromatic rings. The second kappa shape index (κ2) is 7.79. The predicted octanol–water partition coefficient (Wildman–Crippen LogP) is 4.55. The van der Waals surface area contributed by atoms with Crippen LogP contribution in [0.5, 0.6) is 0 Å². The smallest absolute Gasteiger partial charge is 0.0134 e. The van der Waals surface area contributed by atoms with E-state index in [2.05, 4.69) is 72.8 Å². The summed E-state index contributed by atoms with van der Waals surface area (Å²) in [6.07, 6.45) is 5.03. The molecule has 1 N–H and O–H groups in total. The van der Waals surface area contributed by atoms with Gasteiger partial charge in [-0.25, -0.2) is 0 Å². The summed E-state index contributed by atoms with van der Waals surface area (Å²) in [4.78, 5) is 2.52. The van der Waals surface area contributed by atoms with Gasteiger partial charge < -0.3 is 10.2 Å². The molecule has 0 saturated heterocycles. The summed E-state index contributed by atoms with van der Waals surface area (Å²) in [6.45, 7) is 18.9. The molecule has 2 nitrogen and oxygen atoms in total. The fraction of sp³-hybridized carbons (Fsp3) is 1.00. The molecule has 0 aromatic heterocycles. The highest BCUT2D eigenvalue weighted by Crippen LogP contribution is 2.38. The SMILES string of the molecule is CCC(C)(C)CC(C)(CC)CN(C)CCC(C)(C)NC. The molecule has 0 rings (SSSR count). The van der Waals surface area contributed by atoms with Crippen LogP contribution < -0.4 is 5.32 Å². The van der Waals surface area contributed by atoms with Gasteiger partial charge in [0.15, 0.2) is 0 Å². The molecule has 0 saturated carbocycles. The van der Waals surface area contributed by atoms with Crippen LogP contribution in [0.4, 0.5) is 0 Å². The third-order valence-corrected chi connectivity index (χ3v) is 5.16. The van der Waals surface area contributed by atoms with Crippen molar-refractivity contribution in [3.8, 4) is 0 Å². The second-order valence-corrected chi connectivity index (χ2v) is 8.48. The molecule has 0 bridgehead atoms. The summed E-state index contributed by atoms with van der Waals surface area (Å²) >= 11 is 0. The van der Waals surface area contributed by atoms with Crippen molar-refractivity contribution < 1.29 is 0 Å². The van der Waals surface area contributed by atoms with E-state index in [1.165, 1.54) is 32.2 Å². The Morgan fingerprint density at radius 1 is 0.950 bits per heavy atom. The molecule has 20 heavy (non-hydrogen) atoms. The number of hydrogen-bond donors (Lipinski definition) is 1. The quantitative estimate of drug-likeness (QED) is 0.633. The van der Waals surface area contributed by atoms with Gasteiger partial charge in [-0.3, -0.25) is 0 Å². The van der Waals surface area contributed by atoms with E-state index in [1.807, 2.05) is 0 Å². The van der Waals surface area contributed by atoms with E-state index in [0.717, 1.165) is 6.54 Å². The number of nitrogens with zero attached hydrogens (tertiary/aromatic N) is 1. The first kappa shape index (κ1) is 19.9. The molecule has 1 atom stereocenters. The minimum Gasteiger partial charge on any atom is -0.315 e. The van der Waals surface area contributed by atoms with Crippen LogP contribution in [0.15, 0.2) is 0 Å². The third kappa shape index (κ3) is 7.64. The summed E-state index contributed by atoms with van der Waals surface area (Å²) < 4.78 is 0. The van der Waals surface area contributed by atoms with E-state index in [9.17, 15) is 0 Å². The summed E-state index contributed by atoms with van der Waals surface area (Å²) in [5.74, 6) is 0. The normalized spacial score (nSPS) is 16.5. The molecular formula is C18H40N2. The van der Waals surface area contributed by atoms with Crippen molar-refractivity contribution in [1.29, 1.82) is 0 Å². The molecular weight excluding hydrogens is 244 g/mol. The average molecular weight is 285 g/mol. The van der Waals surface area contributed by atoms with E-state index in [1.54, 1.807) is 0 Å². The molecule has 1 unspecified atom stereocenters. The van der Waals surface area contributed by atoms with Gasteiger partial charge in [0.1, 0.15) is 0 Å². The van der Waals surface area contributed by atoms with Gasteiger partial charge in [0.05, 0.1) is 0 Å². The highest BCUT2D eigenvalue weighted by molar-refractivity contribution is 4.84. The van der Waals surface area contributed by atoms with Crippen LogP contribution in [0.3, 0.4) is 0 Å². The fourth-order valence-electron chi connectivity index (χ4n) is 2.90. The molecule has 0 radical (unpaired) electrons. The molecule has 0 aromatic carbocycles. The molecule has 0 fully saturated rings. The number of nitrogens with one attached hydrogen (secondary N) is 1. The standard InChI is InChI=1S/C18H40N2/c1-10-16(3,4)14-18(7,11-2)15-20(9)13-12-17(5,6)19-8/h19H,10-15H2,1-9H3. The van der Waals surface area contributed by atoms with E-state index >= 15 is 0 Å². The lowest BCUT2D eigenvalue weighted by Gasteiger charge is -2.40. The maximum Gasteiger partial charge on any atom is 0.0134 e. The Hall–Kier alpha value is -0.0800. The zero-order valence-electron chi connectivity index (χ0n) is 15.7. The first-order chi connectivity index (χ1) is 8.99. The van der Waals surface area contributed by atoms with Crippen LogP contribution in [-0.4, -0.2) is 37.6 Å². The van der Waals surface area contributed by atoms with Crippen molar-refractivity contribution in [2.75, 3.05) is 27.2 Å². The van der Waals surface area contributed by atoms with Gasteiger partial charge in [-0.05, 0) is 64.6 Å². The van der Waals surface area contributed by atoms with Crippen molar-refractivity contribution in [3.63, 3.8) is 0 Å². The third-order valence-electron chi connectivity index (χ3n) is 5.16. The molecule has 0 aliphatic carbocycles. The zero-order chi connectivity index (χ0) is 16.0. The average Bonchev–Trinajstić information content (AvgIpc) is 2.36. The number of rotatable bonds is 10. The monoisotopic (exact) mass is 284 g/mol. The molecule has 122 valence electrons. The van der Waals surface area contributed by atoms with E-state index in [-0.39, 0.29) is 5.54 Å². The lowest BCUT2D eigenvalue weighted by Crippen LogP contribution is -2.42. The van der Waals surface area contributed by atoms with Gasteiger partial charge in [-0.2, -0.15) is 0 Å². The maximum atomic E-state index is 3.39. The van der Waals surface area contributed by atoms with Gasteiger partial charge in [-0.1, -0.05) is 41.0 Å². The lowest BCUT2D eigenvalue weighted by molar-refractivity contribution is 0.109. The van der Waals surface area contributed by atoms with E-state index in [4.69, 9.17) is 0 Å². The highest BCUT2D eigenvalue weighted by Gasteiger charge is 2.31. The van der Waals surface area contributed by atoms with Crippen LogP contribution in [0.25, 0.3) is 0 Å².